The Balaban J connectivity index is 2.10. The first kappa shape index (κ1) is 13.3. The lowest BCUT2D eigenvalue weighted by Crippen LogP contribution is -2.15. The molecule has 0 atom stereocenters. The Bertz CT molecular complexity index is 612. The lowest BCUT2D eigenvalue weighted by molar-refractivity contribution is 0.600. The van der Waals surface area contributed by atoms with Gasteiger partial charge in [0.25, 0.3) is 0 Å². The van der Waals surface area contributed by atoms with Gasteiger partial charge in [-0.2, -0.15) is 0 Å². The van der Waals surface area contributed by atoms with Crippen LogP contribution in [0.25, 0.3) is 0 Å². The van der Waals surface area contributed by atoms with Crippen molar-refractivity contribution in [2.24, 2.45) is 0 Å². The molecule has 94 valence electrons. The van der Waals surface area contributed by atoms with Gasteiger partial charge in [0.15, 0.2) is 0 Å². The molecule has 1 aromatic carbocycles. The summed E-state index contributed by atoms with van der Waals surface area (Å²) in [5, 5.41) is 0. The fourth-order valence-electron chi connectivity index (χ4n) is 1.43. The van der Waals surface area contributed by atoms with Crippen LogP contribution >= 0.6 is 22.6 Å². The molecule has 18 heavy (non-hydrogen) atoms. The largest absolute Gasteiger partial charge is 0.267 e. The molecule has 0 bridgehead atoms. The van der Waals surface area contributed by atoms with Gasteiger partial charge >= 0.3 is 0 Å². The summed E-state index contributed by atoms with van der Waals surface area (Å²) >= 11 is 2.11. The minimum Gasteiger partial charge on any atom is -0.267 e. The van der Waals surface area contributed by atoms with Crippen molar-refractivity contribution in [2.75, 3.05) is 4.72 Å². The van der Waals surface area contributed by atoms with E-state index in [1.807, 2.05) is 18.2 Å². The number of aromatic nitrogens is 1. The summed E-state index contributed by atoms with van der Waals surface area (Å²) in [6.07, 6.45) is 1.61. The monoisotopic (exact) mass is 374 g/mol. The summed E-state index contributed by atoms with van der Waals surface area (Å²) in [6.45, 7) is 0. The van der Waals surface area contributed by atoms with Crippen LogP contribution in [0.15, 0.2) is 48.7 Å². The second-order valence-electron chi connectivity index (χ2n) is 3.71. The number of hydrogen-bond acceptors (Lipinski definition) is 3. The number of sulfonamides is 1. The lowest BCUT2D eigenvalue weighted by Gasteiger charge is -2.07. The molecule has 0 aliphatic carbocycles. The van der Waals surface area contributed by atoms with Crippen molar-refractivity contribution < 1.29 is 8.42 Å². The number of pyridine rings is 1. The summed E-state index contributed by atoms with van der Waals surface area (Å²) < 4.78 is 27.2. The van der Waals surface area contributed by atoms with Gasteiger partial charge in [-0.3, -0.25) is 4.72 Å². The second kappa shape index (κ2) is 5.66. The zero-order chi connectivity index (χ0) is 13.0. The number of hydrogen-bond donors (Lipinski definition) is 1. The summed E-state index contributed by atoms with van der Waals surface area (Å²) in [6, 6.07) is 12.5. The van der Waals surface area contributed by atoms with Crippen molar-refractivity contribution in [3.8, 4) is 0 Å². The molecule has 1 N–H and O–H groups in total. The molecule has 2 rings (SSSR count). The van der Waals surface area contributed by atoms with Crippen molar-refractivity contribution in [1.82, 2.24) is 4.98 Å². The average Bonchev–Trinajstić information content (AvgIpc) is 2.32. The highest BCUT2D eigenvalue weighted by molar-refractivity contribution is 14.1. The van der Waals surface area contributed by atoms with Crippen LogP contribution in [-0.2, 0) is 15.8 Å². The molecule has 0 fully saturated rings. The van der Waals surface area contributed by atoms with E-state index in [0.29, 0.717) is 5.82 Å². The van der Waals surface area contributed by atoms with Gasteiger partial charge in [-0.1, -0.05) is 30.3 Å². The topological polar surface area (TPSA) is 59.1 Å². The van der Waals surface area contributed by atoms with E-state index in [4.69, 9.17) is 0 Å². The smallest absolute Gasteiger partial charge is 0.238 e. The van der Waals surface area contributed by atoms with Crippen molar-refractivity contribution in [1.29, 1.82) is 0 Å². The predicted octanol–water partition coefficient (Wildman–Crippen LogP) is 2.63. The second-order valence-corrected chi connectivity index (χ2v) is 6.68. The molecule has 0 aliphatic rings. The van der Waals surface area contributed by atoms with Crippen molar-refractivity contribution in [3.05, 3.63) is 57.8 Å². The Morgan fingerprint density at radius 2 is 1.83 bits per heavy atom. The molecule has 0 saturated heterocycles. The van der Waals surface area contributed by atoms with Crippen LogP contribution in [0, 0.1) is 3.57 Å². The highest BCUT2D eigenvalue weighted by Crippen LogP contribution is 2.11. The lowest BCUT2D eigenvalue weighted by atomic mass is 10.2. The third kappa shape index (κ3) is 3.95. The van der Waals surface area contributed by atoms with Crippen LogP contribution in [0.3, 0.4) is 0 Å². The Morgan fingerprint density at radius 1 is 1.11 bits per heavy atom. The molecular formula is C12H11IN2O2S. The summed E-state index contributed by atoms with van der Waals surface area (Å²) in [4.78, 5) is 4.01. The maximum atomic E-state index is 11.9. The Labute approximate surface area is 120 Å². The number of nitrogens with zero attached hydrogens (tertiary/aromatic N) is 1. The van der Waals surface area contributed by atoms with Gasteiger partial charge in [-0.15, -0.1) is 0 Å². The minimum atomic E-state index is -3.42. The van der Waals surface area contributed by atoms with E-state index in [1.165, 1.54) is 0 Å². The van der Waals surface area contributed by atoms with Crippen LogP contribution in [0.5, 0.6) is 0 Å². The van der Waals surface area contributed by atoms with Gasteiger partial charge in [0, 0.05) is 9.77 Å². The molecule has 2 aromatic rings. The van der Waals surface area contributed by atoms with E-state index in [2.05, 4.69) is 32.3 Å². The molecule has 0 unspecified atom stereocenters. The molecule has 0 spiro atoms. The first-order valence-corrected chi connectivity index (χ1v) is 7.94. The average molecular weight is 374 g/mol. The van der Waals surface area contributed by atoms with Crippen molar-refractivity contribution in [3.63, 3.8) is 0 Å². The molecule has 4 nitrogen and oxygen atoms in total. The van der Waals surface area contributed by atoms with Crippen LogP contribution in [-0.4, -0.2) is 13.4 Å². The van der Waals surface area contributed by atoms with E-state index >= 15 is 0 Å². The molecular weight excluding hydrogens is 363 g/mol. The first-order valence-electron chi connectivity index (χ1n) is 5.21. The standard InChI is InChI=1S/C12H11IN2O2S/c13-11-6-7-12(14-8-11)15-18(16,17)9-10-4-2-1-3-5-10/h1-8H,9H2,(H,14,15). The molecule has 0 radical (unpaired) electrons. The normalized spacial score (nSPS) is 11.2. The Morgan fingerprint density at radius 3 is 2.44 bits per heavy atom. The van der Waals surface area contributed by atoms with Crippen LogP contribution in [0.4, 0.5) is 5.82 Å². The van der Waals surface area contributed by atoms with E-state index in [0.717, 1.165) is 9.13 Å². The minimum absolute atomic E-state index is 0.0541. The maximum absolute atomic E-state index is 11.9. The van der Waals surface area contributed by atoms with Crippen LogP contribution < -0.4 is 4.72 Å². The van der Waals surface area contributed by atoms with Crippen molar-refractivity contribution in [2.45, 2.75) is 5.75 Å². The van der Waals surface area contributed by atoms with Gasteiger partial charge in [0.1, 0.15) is 5.82 Å². The van der Waals surface area contributed by atoms with E-state index < -0.39 is 10.0 Å². The fourth-order valence-corrected chi connectivity index (χ4v) is 2.89. The highest BCUT2D eigenvalue weighted by Gasteiger charge is 2.11. The van der Waals surface area contributed by atoms with E-state index in [1.54, 1.807) is 30.5 Å². The van der Waals surface area contributed by atoms with Crippen LogP contribution in [0.2, 0.25) is 0 Å². The Hall–Kier alpha value is -1.15. The van der Waals surface area contributed by atoms with Gasteiger partial charge in [-0.05, 0) is 40.3 Å². The van der Waals surface area contributed by atoms with Crippen LogP contribution in [0.1, 0.15) is 5.56 Å². The number of halogens is 1. The fraction of sp³-hybridized carbons (Fsp3) is 0.0833. The molecule has 1 aromatic heterocycles. The molecule has 1 heterocycles. The quantitative estimate of drug-likeness (QED) is 0.838. The SMILES string of the molecule is O=S(=O)(Cc1ccccc1)Nc1ccc(I)cn1. The van der Waals surface area contributed by atoms with Gasteiger partial charge < -0.3 is 0 Å². The summed E-state index contributed by atoms with van der Waals surface area (Å²) in [5.74, 6) is 0.285. The number of nitrogens with one attached hydrogen (secondary N) is 1. The first-order chi connectivity index (χ1) is 8.55. The summed E-state index contributed by atoms with van der Waals surface area (Å²) in [5.41, 5.74) is 0.746. The highest BCUT2D eigenvalue weighted by atomic mass is 127. The maximum Gasteiger partial charge on any atom is 0.238 e. The van der Waals surface area contributed by atoms with Gasteiger partial charge in [-0.25, -0.2) is 13.4 Å². The number of benzene rings is 1. The predicted molar refractivity (Wildman–Crippen MR) is 79.6 cm³/mol. The number of rotatable bonds is 4. The zero-order valence-corrected chi connectivity index (χ0v) is 12.3. The van der Waals surface area contributed by atoms with Crippen molar-refractivity contribution >= 4 is 38.4 Å². The number of anilines is 1. The Kier molecular flexibility index (Phi) is 4.18. The van der Waals surface area contributed by atoms with E-state index in [9.17, 15) is 8.42 Å². The van der Waals surface area contributed by atoms with E-state index in [-0.39, 0.29) is 5.75 Å². The third-order valence-electron chi connectivity index (χ3n) is 2.19. The zero-order valence-electron chi connectivity index (χ0n) is 9.38. The van der Waals surface area contributed by atoms with Gasteiger partial charge in [0.2, 0.25) is 10.0 Å². The van der Waals surface area contributed by atoms with Gasteiger partial charge in [0.05, 0.1) is 5.75 Å². The third-order valence-corrected chi connectivity index (χ3v) is 4.06. The summed E-state index contributed by atoms with van der Waals surface area (Å²) in [7, 11) is -3.42. The molecule has 0 aliphatic heterocycles. The molecule has 6 heteroatoms. The molecule has 0 saturated carbocycles. The molecule has 0 amide bonds.